The maximum Gasteiger partial charge on any atom is 0.274 e. The third kappa shape index (κ3) is 3.70. The Labute approximate surface area is 157 Å². The average Bonchev–Trinajstić information content (AvgIpc) is 2.67. The second kappa shape index (κ2) is 7.58. The SMILES string of the molecule is CN(C)c1cnc(C(=O)N2CCN(c3ccc(C#N)cc3Cl)CC2)cn1. The van der Waals surface area contributed by atoms with Crippen molar-refractivity contribution in [3.05, 3.63) is 46.9 Å². The van der Waals surface area contributed by atoms with Crippen LogP contribution in [0, 0.1) is 11.3 Å². The molecule has 8 heteroatoms. The van der Waals surface area contributed by atoms with Crippen LogP contribution in [0.15, 0.2) is 30.6 Å². The summed E-state index contributed by atoms with van der Waals surface area (Å²) in [5, 5.41) is 9.48. The number of piperazine rings is 1. The molecular formula is C18H19ClN6O. The van der Waals surface area contributed by atoms with Gasteiger partial charge in [-0.2, -0.15) is 5.26 Å². The summed E-state index contributed by atoms with van der Waals surface area (Å²) in [5.41, 5.74) is 1.76. The van der Waals surface area contributed by atoms with Crippen molar-refractivity contribution in [1.29, 1.82) is 5.26 Å². The number of hydrogen-bond donors (Lipinski definition) is 0. The van der Waals surface area contributed by atoms with Gasteiger partial charge in [-0.1, -0.05) is 11.6 Å². The minimum atomic E-state index is -0.117. The molecule has 1 saturated heterocycles. The Hall–Kier alpha value is -2.85. The van der Waals surface area contributed by atoms with Crippen LogP contribution in [0.2, 0.25) is 5.02 Å². The van der Waals surface area contributed by atoms with Crippen molar-refractivity contribution in [3.63, 3.8) is 0 Å². The summed E-state index contributed by atoms with van der Waals surface area (Å²) in [6.45, 7) is 2.49. The summed E-state index contributed by atoms with van der Waals surface area (Å²) >= 11 is 6.28. The van der Waals surface area contributed by atoms with E-state index >= 15 is 0 Å². The van der Waals surface area contributed by atoms with Crippen LogP contribution in [0.25, 0.3) is 0 Å². The summed E-state index contributed by atoms with van der Waals surface area (Å²) in [7, 11) is 3.75. The molecule has 0 atom stereocenters. The second-order valence-electron chi connectivity index (χ2n) is 6.21. The Morgan fingerprint density at radius 1 is 1.19 bits per heavy atom. The Balaban J connectivity index is 1.64. The lowest BCUT2D eigenvalue weighted by molar-refractivity contribution is 0.0740. The van der Waals surface area contributed by atoms with Crippen LogP contribution in [0.1, 0.15) is 16.1 Å². The third-order valence-corrected chi connectivity index (χ3v) is 4.60. The molecule has 1 amide bonds. The molecule has 2 heterocycles. The van der Waals surface area contributed by atoms with Crippen LogP contribution in [0.5, 0.6) is 0 Å². The fourth-order valence-electron chi connectivity index (χ4n) is 2.81. The van der Waals surface area contributed by atoms with Gasteiger partial charge >= 0.3 is 0 Å². The molecule has 2 aromatic rings. The monoisotopic (exact) mass is 370 g/mol. The molecule has 0 unspecified atom stereocenters. The van der Waals surface area contributed by atoms with Gasteiger partial charge in [0, 0.05) is 40.3 Å². The van der Waals surface area contributed by atoms with E-state index in [1.54, 1.807) is 23.2 Å². The summed E-state index contributed by atoms with van der Waals surface area (Å²) < 4.78 is 0. The predicted octanol–water partition coefficient (Wildman–Crippen LogP) is 2.03. The lowest BCUT2D eigenvalue weighted by Gasteiger charge is -2.36. The Bertz CT molecular complexity index is 838. The van der Waals surface area contributed by atoms with Crippen molar-refractivity contribution in [2.75, 3.05) is 50.1 Å². The van der Waals surface area contributed by atoms with Gasteiger partial charge in [-0.15, -0.1) is 0 Å². The van der Waals surface area contributed by atoms with Gasteiger partial charge < -0.3 is 14.7 Å². The van der Waals surface area contributed by atoms with E-state index in [-0.39, 0.29) is 5.91 Å². The number of hydrogen-bond acceptors (Lipinski definition) is 6. The predicted molar refractivity (Wildman–Crippen MR) is 101 cm³/mol. The largest absolute Gasteiger partial charge is 0.367 e. The highest BCUT2D eigenvalue weighted by Crippen LogP contribution is 2.27. The first kappa shape index (κ1) is 18.0. The van der Waals surface area contributed by atoms with Crippen molar-refractivity contribution in [2.24, 2.45) is 0 Å². The molecule has 134 valence electrons. The van der Waals surface area contributed by atoms with Gasteiger partial charge in [-0.05, 0) is 18.2 Å². The smallest absolute Gasteiger partial charge is 0.274 e. The number of rotatable bonds is 3. The highest BCUT2D eigenvalue weighted by atomic mass is 35.5. The van der Waals surface area contributed by atoms with Crippen LogP contribution in [0.3, 0.4) is 0 Å². The van der Waals surface area contributed by atoms with Gasteiger partial charge in [0.05, 0.1) is 34.7 Å². The molecule has 0 saturated carbocycles. The van der Waals surface area contributed by atoms with Gasteiger partial charge in [-0.25, -0.2) is 9.97 Å². The zero-order valence-electron chi connectivity index (χ0n) is 14.7. The normalized spacial score (nSPS) is 14.1. The first-order valence-electron chi connectivity index (χ1n) is 8.23. The summed E-state index contributed by atoms with van der Waals surface area (Å²) in [6, 6.07) is 7.34. The van der Waals surface area contributed by atoms with Crippen molar-refractivity contribution >= 4 is 29.0 Å². The maximum atomic E-state index is 12.6. The molecule has 0 radical (unpaired) electrons. The quantitative estimate of drug-likeness (QED) is 0.822. The number of nitriles is 1. The van der Waals surface area contributed by atoms with E-state index in [1.807, 2.05) is 25.1 Å². The molecule has 3 rings (SSSR count). The number of aromatic nitrogens is 2. The molecule has 1 aliphatic rings. The maximum absolute atomic E-state index is 12.6. The second-order valence-corrected chi connectivity index (χ2v) is 6.62. The van der Waals surface area contributed by atoms with E-state index < -0.39 is 0 Å². The number of anilines is 2. The zero-order valence-corrected chi connectivity index (χ0v) is 15.4. The van der Waals surface area contributed by atoms with Gasteiger partial charge in [0.2, 0.25) is 0 Å². The molecule has 0 aliphatic carbocycles. The van der Waals surface area contributed by atoms with E-state index in [0.29, 0.717) is 48.3 Å². The van der Waals surface area contributed by atoms with Crippen molar-refractivity contribution in [2.45, 2.75) is 0 Å². The summed E-state index contributed by atoms with van der Waals surface area (Å²) in [6.07, 6.45) is 3.11. The zero-order chi connectivity index (χ0) is 18.7. The Morgan fingerprint density at radius 3 is 2.46 bits per heavy atom. The van der Waals surface area contributed by atoms with Crippen LogP contribution in [-0.4, -0.2) is 61.0 Å². The topological polar surface area (TPSA) is 76.4 Å². The fourth-order valence-corrected chi connectivity index (χ4v) is 3.11. The van der Waals surface area contributed by atoms with E-state index in [0.717, 1.165) is 5.69 Å². The van der Waals surface area contributed by atoms with Crippen LogP contribution >= 0.6 is 11.6 Å². The van der Waals surface area contributed by atoms with E-state index in [2.05, 4.69) is 20.9 Å². The lowest BCUT2D eigenvalue weighted by Crippen LogP contribution is -2.49. The highest BCUT2D eigenvalue weighted by molar-refractivity contribution is 6.33. The molecular weight excluding hydrogens is 352 g/mol. The van der Waals surface area contributed by atoms with Crippen LogP contribution in [0.4, 0.5) is 11.5 Å². The molecule has 0 bridgehead atoms. The van der Waals surface area contributed by atoms with E-state index in [4.69, 9.17) is 16.9 Å². The number of nitrogens with zero attached hydrogens (tertiary/aromatic N) is 6. The number of benzene rings is 1. The molecule has 7 nitrogen and oxygen atoms in total. The molecule has 26 heavy (non-hydrogen) atoms. The molecule has 0 N–H and O–H groups in total. The minimum absolute atomic E-state index is 0.117. The molecule has 1 aromatic carbocycles. The minimum Gasteiger partial charge on any atom is -0.367 e. The number of carbonyl (C=O) groups excluding carboxylic acids is 1. The molecule has 1 aromatic heterocycles. The fraction of sp³-hybridized carbons (Fsp3) is 0.333. The van der Waals surface area contributed by atoms with Gasteiger partial charge in [0.15, 0.2) is 0 Å². The molecule has 1 fully saturated rings. The van der Waals surface area contributed by atoms with Crippen LogP contribution < -0.4 is 9.80 Å². The first-order valence-corrected chi connectivity index (χ1v) is 8.60. The first-order chi connectivity index (χ1) is 12.5. The van der Waals surface area contributed by atoms with Crippen molar-refractivity contribution < 1.29 is 4.79 Å². The molecule has 1 aliphatic heterocycles. The highest BCUT2D eigenvalue weighted by Gasteiger charge is 2.24. The van der Waals surface area contributed by atoms with Gasteiger partial charge in [0.1, 0.15) is 11.5 Å². The van der Waals surface area contributed by atoms with Crippen LogP contribution in [-0.2, 0) is 0 Å². The Morgan fingerprint density at radius 2 is 1.92 bits per heavy atom. The van der Waals surface area contributed by atoms with E-state index in [9.17, 15) is 4.79 Å². The van der Waals surface area contributed by atoms with Crippen molar-refractivity contribution in [1.82, 2.24) is 14.9 Å². The Kier molecular flexibility index (Phi) is 5.24. The number of amides is 1. The third-order valence-electron chi connectivity index (χ3n) is 4.30. The van der Waals surface area contributed by atoms with Gasteiger partial charge in [-0.3, -0.25) is 4.79 Å². The average molecular weight is 371 g/mol. The lowest BCUT2D eigenvalue weighted by atomic mass is 10.2. The molecule has 0 spiro atoms. The number of carbonyl (C=O) groups is 1. The van der Waals surface area contributed by atoms with Gasteiger partial charge in [0.25, 0.3) is 5.91 Å². The summed E-state index contributed by atoms with van der Waals surface area (Å²) in [5.74, 6) is 0.593. The van der Waals surface area contributed by atoms with Crippen molar-refractivity contribution in [3.8, 4) is 6.07 Å². The van der Waals surface area contributed by atoms with E-state index in [1.165, 1.54) is 6.20 Å². The number of halogens is 1. The standard InChI is InChI=1S/C18H19ClN6O/c1-23(2)17-12-21-15(11-22-17)18(26)25-7-5-24(6-8-25)16-4-3-13(10-20)9-14(16)19/h3-4,9,11-12H,5-8H2,1-2H3. The summed E-state index contributed by atoms with van der Waals surface area (Å²) in [4.78, 5) is 26.8.